The van der Waals surface area contributed by atoms with Gasteiger partial charge in [-0.05, 0) is 40.5 Å². The molecule has 2 amide bonds. The Balaban J connectivity index is 1.38. The molecule has 5 nitrogen and oxygen atoms in total. The van der Waals surface area contributed by atoms with Gasteiger partial charge in [0.2, 0.25) is 0 Å². The van der Waals surface area contributed by atoms with Crippen molar-refractivity contribution in [2.45, 2.75) is 26.2 Å². The number of amides is 2. The van der Waals surface area contributed by atoms with Crippen molar-refractivity contribution in [2.24, 2.45) is 0 Å². The molecule has 0 saturated heterocycles. The summed E-state index contributed by atoms with van der Waals surface area (Å²) in [4.78, 5) is 29.5. The summed E-state index contributed by atoms with van der Waals surface area (Å²) in [6, 6.07) is 20.5. The second kappa shape index (κ2) is 6.78. The quantitative estimate of drug-likeness (QED) is 0.733. The first-order chi connectivity index (χ1) is 14.1. The summed E-state index contributed by atoms with van der Waals surface area (Å²) in [6.45, 7) is 2.13. The molecule has 0 radical (unpaired) electrons. The molecule has 0 spiro atoms. The van der Waals surface area contributed by atoms with E-state index in [1.54, 1.807) is 15.9 Å². The lowest BCUT2D eigenvalue weighted by Crippen LogP contribution is -2.27. The zero-order chi connectivity index (χ0) is 20.0. The largest absolute Gasteiger partial charge is 0.507 e. The van der Waals surface area contributed by atoms with E-state index in [2.05, 4.69) is 0 Å². The van der Waals surface area contributed by atoms with Gasteiger partial charge < -0.3 is 14.9 Å². The lowest BCUT2D eigenvalue weighted by atomic mass is 10.1. The van der Waals surface area contributed by atoms with E-state index in [1.807, 2.05) is 48.5 Å². The Morgan fingerprint density at radius 3 is 1.59 bits per heavy atom. The summed E-state index contributed by atoms with van der Waals surface area (Å²) in [7, 11) is 0. The van der Waals surface area contributed by atoms with Crippen molar-refractivity contribution in [3.63, 3.8) is 0 Å². The highest BCUT2D eigenvalue weighted by molar-refractivity contribution is 6.01. The average molecular weight is 384 g/mol. The first-order valence-corrected chi connectivity index (χ1v) is 9.65. The summed E-state index contributed by atoms with van der Waals surface area (Å²) in [5.41, 5.74) is 5.09. The number of carbonyl (C=O) groups is 2. The van der Waals surface area contributed by atoms with E-state index in [9.17, 15) is 14.7 Å². The van der Waals surface area contributed by atoms with Crippen LogP contribution in [-0.4, -0.2) is 26.7 Å². The lowest BCUT2D eigenvalue weighted by Gasteiger charge is -2.19. The number of hydrogen-bond donors (Lipinski definition) is 1. The summed E-state index contributed by atoms with van der Waals surface area (Å²) in [5.74, 6) is -0.509. The van der Waals surface area contributed by atoms with Gasteiger partial charge >= 0.3 is 0 Å². The Labute approximate surface area is 168 Å². The molecule has 0 aliphatic carbocycles. The number of aromatic hydroxyl groups is 1. The van der Waals surface area contributed by atoms with Crippen LogP contribution in [0.25, 0.3) is 0 Å². The van der Waals surface area contributed by atoms with Crippen LogP contribution in [0.15, 0.2) is 66.7 Å². The second-order valence-corrected chi connectivity index (χ2v) is 7.59. The number of carbonyl (C=O) groups excluding carboxylic acids is 2. The highest BCUT2D eigenvalue weighted by atomic mass is 16.3. The summed E-state index contributed by atoms with van der Waals surface area (Å²) < 4.78 is 0. The molecule has 0 atom stereocenters. The van der Waals surface area contributed by atoms with Crippen LogP contribution in [0.3, 0.4) is 0 Å². The first kappa shape index (κ1) is 17.5. The maximum Gasteiger partial charge on any atom is 0.258 e. The van der Waals surface area contributed by atoms with Crippen molar-refractivity contribution in [1.82, 2.24) is 9.80 Å². The Morgan fingerprint density at radius 1 is 0.655 bits per heavy atom. The van der Waals surface area contributed by atoms with E-state index >= 15 is 0 Å². The number of rotatable bonds is 2. The fraction of sp³-hybridized carbons (Fsp3) is 0.167. The minimum Gasteiger partial charge on any atom is -0.507 e. The monoisotopic (exact) mass is 384 g/mol. The van der Waals surface area contributed by atoms with Crippen molar-refractivity contribution in [1.29, 1.82) is 0 Å². The zero-order valence-corrected chi connectivity index (χ0v) is 15.8. The number of fused-ring (bicyclic) bond motifs is 2. The molecule has 5 heteroatoms. The second-order valence-electron chi connectivity index (χ2n) is 7.59. The van der Waals surface area contributed by atoms with Gasteiger partial charge in [0, 0.05) is 31.7 Å². The molecule has 5 rings (SSSR count). The van der Waals surface area contributed by atoms with Gasteiger partial charge in [-0.3, -0.25) is 9.59 Å². The molecular formula is C24H20N2O3. The van der Waals surface area contributed by atoms with Crippen LogP contribution < -0.4 is 0 Å². The Morgan fingerprint density at radius 2 is 1.10 bits per heavy atom. The fourth-order valence-electron chi connectivity index (χ4n) is 4.15. The maximum absolute atomic E-state index is 13.1. The number of hydrogen-bond acceptors (Lipinski definition) is 3. The molecule has 0 fully saturated rings. The highest BCUT2D eigenvalue weighted by Crippen LogP contribution is 2.29. The van der Waals surface area contributed by atoms with Gasteiger partial charge in [0.1, 0.15) is 5.75 Å². The predicted octanol–water partition coefficient (Wildman–Crippen LogP) is 3.70. The van der Waals surface area contributed by atoms with Gasteiger partial charge in [0.25, 0.3) is 11.8 Å². The van der Waals surface area contributed by atoms with Crippen molar-refractivity contribution < 1.29 is 14.7 Å². The molecule has 3 aromatic carbocycles. The molecule has 0 bridgehead atoms. The van der Waals surface area contributed by atoms with E-state index in [4.69, 9.17) is 0 Å². The summed E-state index contributed by atoms with van der Waals surface area (Å²) >= 11 is 0. The number of nitrogens with zero attached hydrogens (tertiary/aromatic N) is 2. The van der Waals surface area contributed by atoms with E-state index in [1.165, 1.54) is 12.1 Å². The standard InChI is InChI=1S/C24H20N2O3/c27-22-10-9-16(23(28)25-12-17-5-1-2-6-18(17)13-25)11-21(22)24(29)26-14-19-7-3-4-8-20(19)15-26/h1-11,27H,12-15H2. The SMILES string of the molecule is O=C(c1ccc(O)c(C(=O)N2Cc3ccccc3C2)c1)N1Cc2ccccc2C1. The van der Waals surface area contributed by atoms with Crippen LogP contribution >= 0.6 is 0 Å². The van der Waals surface area contributed by atoms with Gasteiger partial charge in [0.15, 0.2) is 0 Å². The minimum atomic E-state index is -0.266. The smallest absolute Gasteiger partial charge is 0.258 e. The summed E-state index contributed by atoms with van der Waals surface area (Å²) in [5, 5.41) is 10.3. The Bertz CT molecular complexity index is 1090. The van der Waals surface area contributed by atoms with Gasteiger partial charge in [0.05, 0.1) is 5.56 Å². The van der Waals surface area contributed by atoms with E-state index in [0.717, 1.165) is 22.3 Å². The maximum atomic E-state index is 13.1. The number of phenolic OH excluding ortho intramolecular Hbond substituents is 1. The Kier molecular flexibility index (Phi) is 4.09. The van der Waals surface area contributed by atoms with Crippen LogP contribution in [-0.2, 0) is 26.2 Å². The van der Waals surface area contributed by atoms with E-state index < -0.39 is 0 Å². The van der Waals surface area contributed by atoms with Crippen molar-refractivity contribution in [2.75, 3.05) is 0 Å². The molecular weight excluding hydrogens is 364 g/mol. The van der Waals surface area contributed by atoms with Crippen molar-refractivity contribution >= 4 is 11.8 Å². The van der Waals surface area contributed by atoms with Crippen molar-refractivity contribution in [3.05, 3.63) is 100 Å². The van der Waals surface area contributed by atoms with E-state index in [0.29, 0.717) is 31.7 Å². The molecule has 144 valence electrons. The van der Waals surface area contributed by atoms with Crippen LogP contribution in [0.2, 0.25) is 0 Å². The third-order valence-electron chi connectivity index (χ3n) is 5.73. The molecule has 2 heterocycles. The minimum absolute atomic E-state index is 0.104. The molecule has 0 aromatic heterocycles. The molecule has 1 N–H and O–H groups in total. The van der Waals surface area contributed by atoms with Gasteiger partial charge in [-0.15, -0.1) is 0 Å². The zero-order valence-electron chi connectivity index (χ0n) is 15.8. The van der Waals surface area contributed by atoms with Crippen LogP contribution in [0, 0.1) is 0 Å². The highest BCUT2D eigenvalue weighted by Gasteiger charge is 2.28. The van der Waals surface area contributed by atoms with Crippen LogP contribution in [0.4, 0.5) is 0 Å². The lowest BCUT2D eigenvalue weighted by molar-refractivity contribution is 0.0747. The predicted molar refractivity (Wildman–Crippen MR) is 108 cm³/mol. The third kappa shape index (κ3) is 3.05. The molecule has 3 aromatic rings. The van der Waals surface area contributed by atoms with Crippen LogP contribution in [0.5, 0.6) is 5.75 Å². The topological polar surface area (TPSA) is 60.9 Å². The van der Waals surface area contributed by atoms with E-state index in [-0.39, 0.29) is 23.1 Å². The summed E-state index contributed by atoms with van der Waals surface area (Å²) in [6.07, 6.45) is 0. The molecule has 2 aliphatic heterocycles. The molecule has 2 aliphatic rings. The van der Waals surface area contributed by atoms with Gasteiger partial charge in [-0.1, -0.05) is 48.5 Å². The Hall–Kier alpha value is -3.60. The molecule has 0 unspecified atom stereocenters. The first-order valence-electron chi connectivity index (χ1n) is 9.65. The van der Waals surface area contributed by atoms with Crippen LogP contribution in [0.1, 0.15) is 43.0 Å². The van der Waals surface area contributed by atoms with Gasteiger partial charge in [-0.25, -0.2) is 0 Å². The number of phenols is 1. The van der Waals surface area contributed by atoms with Gasteiger partial charge in [-0.2, -0.15) is 0 Å². The average Bonchev–Trinajstić information content (AvgIpc) is 3.37. The third-order valence-corrected chi connectivity index (χ3v) is 5.73. The fourth-order valence-corrected chi connectivity index (χ4v) is 4.15. The number of benzene rings is 3. The van der Waals surface area contributed by atoms with Crippen molar-refractivity contribution in [3.8, 4) is 5.75 Å². The molecule has 29 heavy (non-hydrogen) atoms. The normalized spacial score (nSPS) is 14.6. The molecule has 0 saturated carbocycles.